The molecule has 0 saturated heterocycles. The molecule has 0 aliphatic carbocycles. The van der Waals surface area contributed by atoms with Gasteiger partial charge in [-0.3, -0.25) is 0 Å². The molecule has 3 nitrogen and oxygen atoms in total. The summed E-state index contributed by atoms with van der Waals surface area (Å²) in [5.74, 6) is 0. The Balaban J connectivity index is 3.04. The number of benzene rings is 2. The smallest absolute Gasteiger partial charge is 0.0998 e. The highest BCUT2D eigenvalue weighted by atomic mass is 14.5. The lowest BCUT2D eigenvalue weighted by Gasteiger charge is -2.04. The van der Waals surface area contributed by atoms with Gasteiger partial charge in [0.15, 0.2) is 0 Å². The molecular formula is C12H7N3. The van der Waals surface area contributed by atoms with Gasteiger partial charge in [-0.2, -0.15) is 10.5 Å². The fourth-order valence-electron chi connectivity index (χ4n) is 1.62. The van der Waals surface area contributed by atoms with Crippen molar-refractivity contribution in [1.29, 1.82) is 10.5 Å². The van der Waals surface area contributed by atoms with E-state index in [1.165, 1.54) is 0 Å². The number of hydrogen-bond donors (Lipinski definition) is 1. The first-order valence-electron chi connectivity index (χ1n) is 4.39. The molecule has 0 radical (unpaired) electrons. The Morgan fingerprint density at radius 1 is 0.933 bits per heavy atom. The van der Waals surface area contributed by atoms with Crippen LogP contribution in [0.5, 0.6) is 0 Å². The maximum atomic E-state index is 8.95. The van der Waals surface area contributed by atoms with Gasteiger partial charge in [-0.15, -0.1) is 0 Å². The molecule has 2 aromatic carbocycles. The first-order valence-corrected chi connectivity index (χ1v) is 4.39. The fourth-order valence-corrected chi connectivity index (χ4v) is 1.62. The van der Waals surface area contributed by atoms with Crippen LogP contribution in [0.15, 0.2) is 30.3 Å². The minimum Gasteiger partial charge on any atom is -0.398 e. The summed E-state index contributed by atoms with van der Waals surface area (Å²) in [6, 6.07) is 12.7. The van der Waals surface area contributed by atoms with Crippen LogP contribution in [0.1, 0.15) is 11.1 Å². The lowest BCUT2D eigenvalue weighted by atomic mass is 9.99. The zero-order valence-electron chi connectivity index (χ0n) is 7.86. The lowest BCUT2D eigenvalue weighted by Crippen LogP contribution is -1.91. The van der Waals surface area contributed by atoms with E-state index in [-0.39, 0.29) is 0 Å². The second kappa shape index (κ2) is 3.32. The maximum Gasteiger partial charge on any atom is 0.0998 e. The highest BCUT2D eigenvalue weighted by Gasteiger charge is 2.07. The topological polar surface area (TPSA) is 73.6 Å². The molecule has 0 fully saturated rings. The van der Waals surface area contributed by atoms with Crippen molar-refractivity contribution in [3.8, 4) is 12.1 Å². The predicted molar refractivity (Wildman–Crippen MR) is 57.8 cm³/mol. The minimum absolute atomic E-state index is 0.483. The SMILES string of the molecule is N#Cc1cccc2c(N)ccc(C#N)c12. The Hall–Kier alpha value is -2.52. The van der Waals surface area contributed by atoms with Gasteiger partial charge in [0.25, 0.3) is 0 Å². The summed E-state index contributed by atoms with van der Waals surface area (Å²) in [5, 5.41) is 19.3. The number of nitriles is 2. The van der Waals surface area contributed by atoms with Crippen LogP contribution >= 0.6 is 0 Å². The van der Waals surface area contributed by atoms with Gasteiger partial charge >= 0.3 is 0 Å². The van der Waals surface area contributed by atoms with E-state index in [1.807, 2.05) is 6.07 Å². The van der Waals surface area contributed by atoms with Crippen LogP contribution in [0.25, 0.3) is 10.8 Å². The average Bonchev–Trinajstić information content (AvgIpc) is 2.29. The molecule has 0 saturated carbocycles. The van der Waals surface area contributed by atoms with E-state index in [0.717, 1.165) is 5.39 Å². The summed E-state index contributed by atoms with van der Waals surface area (Å²) in [7, 11) is 0. The zero-order chi connectivity index (χ0) is 10.8. The normalized spacial score (nSPS) is 9.47. The third-order valence-electron chi connectivity index (χ3n) is 2.32. The Morgan fingerprint density at radius 2 is 1.60 bits per heavy atom. The molecular weight excluding hydrogens is 186 g/mol. The third kappa shape index (κ3) is 1.27. The molecule has 2 aromatic rings. The Kier molecular flexibility index (Phi) is 2.00. The monoisotopic (exact) mass is 193 g/mol. The summed E-state index contributed by atoms with van der Waals surface area (Å²) in [6.07, 6.45) is 0. The van der Waals surface area contributed by atoms with Crippen molar-refractivity contribution in [3.05, 3.63) is 41.5 Å². The average molecular weight is 193 g/mol. The van der Waals surface area contributed by atoms with Crippen molar-refractivity contribution in [2.45, 2.75) is 0 Å². The van der Waals surface area contributed by atoms with Crippen molar-refractivity contribution < 1.29 is 0 Å². The predicted octanol–water partition coefficient (Wildman–Crippen LogP) is 2.17. The van der Waals surface area contributed by atoms with E-state index in [0.29, 0.717) is 22.2 Å². The molecule has 0 bridgehead atoms. The van der Waals surface area contributed by atoms with E-state index in [2.05, 4.69) is 12.1 Å². The van der Waals surface area contributed by atoms with Gasteiger partial charge in [-0.25, -0.2) is 0 Å². The van der Waals surface area contributed by atoms with Crippen molar-refractivity contribution in [2.75, 3.05) is 5.73 Å². The van der Waals surface area contributed by atoms with Crippen molar-refractivity contribution >= 4 is 16.5 Å². The van der Waals surface area contributed by atoms with Crippen LogP contribution in [0.3, 0.4) is 0 Å². The van der Waals surface area contributed by atoms with E-state index < -0.39 is 0 Å². The van der Waals surface area contributed by atoms with Crippen LogP contribution in [-0.2, 0) is 0 Å². The van der Waals surface area contributed by atoms with Gasteiger partial charge in [-0.1, -0.05) is 12.1 Å². The summed E-state index contributed by atoms with van der Waals surface area (Å²) in [4.78, 5) is 0. The second-order valence-corrected chi connectivity index (χ2v) is 3.15. The first-order chi connectivity index (χ1) is 7.27. The Morgan fingerprint density at radius 3 is 2.27 bits per heavy atom. The number of nitrogen functional groups attached to an aromatic ring is 1. The van der Waals surface area contributed by atoms with Crippen molar-refractivity contribution in [2.24, 2.45) is 0 Å². The molecule has 0 amide bonds. The van der Waals surface area contributed by atoms with Gasteiger partial charge in [0.05, 0.1) is 23.3 Å². The van der Waals surface area contributed by atoms with E-state index >= 15 is 0 Å². The molecule has 0 aliphatic rings. The van der Waals surface area contributed by atoms with E-state index in [1.54, 1.807) is 24.3 Å². The number of nitrogens with zero attached hydrogens (tertiary/aromatic N) is 2. The van der Waals surface area contributed by atoms with Crippen LogP contribution in [-0.4, -0.2) is 0 Å². The quantitative estimate of drug-likeness (QED) is 0.651. The van der Waals surface area contributed by atoms with Crippen molar-refractivity contribution in [3.63, 3.8) is 0 Å². The molecule has 70 valence electrons. The summed E-state index contributed by atoms with van der Waals surface area (Å²) in [6.45, 7) is 0. The molecule has 0 aliphatic heterocycles. The highest BCUT2D eigenvalue weighted by Crippen LogP contribution is 2.26. The molecule has 0 spiro atoms. The van der Waals surface area contributed by atoms with Gasteiger partial charge in [0.1, 0.15) is 0 Å². The van der Waals surface area contributed by atoms with Gasteiger partial charge in [0, 0.05) is 16.5 Å². The number of anilines is 1. The van der Waals surface area contributed by atoms with Gasteiger partial charge < -0.3 is 5.73 Å². The number of hydrogen-bond acceptors (Lipinski definition) is 3. The van der Waals surface area contributed by atoms with Gasteiger partial charge in [-0.05, 0) is 18.2 Å². The zero-order valence-corrected chi connectivity index (χ0v) is 7.86. The van der Waals surface area contributed by atoms with Crippen LogP contribution < -0.4 is 5.73 Å². The van der Waals surface area contributed by atoms with E-state index in [9.17, 15) is 0 Å². The molecule has 0 heterocycles. The standard InChI is InChI=1S/C12H7N3/c13-6-8-2-1-3-10-11(15)5-4-9(7-14)12(8)10/h1-5H,15H2. The summed E-state index contributed by atoms with van der Waals surface area (Å²) < 4.78 is 0. The van der Waals surface area contributed by atoms with Crippen LogP contribution in [0, 0.1) is 22.7 Å². The third-order valence-corrected chi connectivity index (χ3v) is 2.32. The van der Waals surface area contributed by atoms with E-state index in [4.69, 9.17) is 16.3 Å². The van der Waals surface area contributed by atoms with Crippen molar-refractivity contribution in [1.82, 2.24) is 0 Å². The number of fused-ring (bicyclic) bond motifs is 1. The van der Waals surface area contributed by atoms with Crippen LogP contribution in [0.4, 0.5) is 5.69 Å². The molecule has 15 heavy (non-hydrogen) atoms. The van der Waals surface area contributed by atoms with Gasteiger partial charge in [0.2, 0.25) is 0 Å². The Labute approximate surface area is 87.0 Å². The first kappa shape index (κ1) is 9.05. The molecule has 3 heteroatoms. The molecule has 2 rings (SSSR count). The Bertz CT molecular complexity index is 595. The second-order valence-electron chi connectivity index (χ2n) is 3.15. The number of rotatable bonds is 0. The molecule has 2 N–H and O–H groups in total. The molecule has 0 atom stereocenters. The summed E-state index contributed by atoms with van der Waals surface area (Å²) >= 11 is 0. The number of nitrogens with two attached hydrogens (primary N) is 1. The lowest BCUT2D eigenvalue weighted by molar-refractivity contribution is 1.48. The molecule has 0 aromatic heterocycles. The highest BCUT2D eigenvalue weighted by molar-refractivity contribution is 5.99. The summed E-state index contributed by atoms with van der Waals surface area (Å²) in [5.41, 5.74) is 7.33. The maximum absolute atomic E-state index is 8.95. The molecule has 0 unspecified atom stereocenters. The van der Waals surface area contributed by atoms with Crippen LogP contribution in [0.2, 0.25) is 0 Å². The largest absolute Gasteiger partial charge is 0.398 e. The minimum atomic E-state index is 0.483. The fraction of sp³-hybridized carbons (Fsp3) is 0.